The molecule has 1 N–H and O–H groups in total. The van der Waals surface area contributed by atoms with Crippen molar-refractivity contribution in [1.29, 1.82) is 0 Å². The van der Waals surface area contributed by atoms with Crippen LogP contribution in [0, 0.1) is 13.8 Å². The van der Waals surface area contributed by atoms with Crippen molar-refractivity contribution in [3.8, 4) is 11.4 Å². The first-order chi connectivity index (χ1) is 14.1. The summed E-state index contributed by atoms with van der Waals surface area (Å²) >= 11 is 0. The van der Waals surface area contributed by atoms with Crippen molar-refractivity contribution in [2.24, 2.45) is 0 Å². The standard InChI is InChI=1S/C22H24N6O/c1-14-11-24-27-20(15(14)2)28-10-4-7-22(13-28)8-6-17-18(22)25-19(26-21(17)29)16-5-3-9-23-12-16/h3,5,9,11-12H,4,6-8,10,13H2,1-2H3,(H,25,26,29). The zero-order valence-corrected chi connectivity index (χ0v) is 16.8. The predicted molar refractivity (Wildman–Crippen MR) is 111 cm³/mol. The van der Waals surface area contributed by atoms with Crippen LogP contribution in [0.4, 0.5) is 5.82 Å². The number of nitrogens with one attached hydrogen (secondary N) is 1. The van der Waals surface area contributed by atoms with Gasteiger partial charge in [-0.3, -0.25) is 9.78 Å². The Morgan fingerprint density at radius 2 is 2.10 bits per heavy atom. The van der Waals surface area contributed by atoms with Gasteiger partial charge in [0, 0.05) is 42.0 Å². The summed E-state index contributed by atoms with van der Waals surface area (Å²) in [6, 6.07) is 3.79. The summed E-state index contributed by atoms with van der Waals surface area (Å²) in [7, 11) is 0. The fourth-order valence-corrected chi connectivity index (χ4v) is 4.82. The van der Waals surface area contributed by atoms with Crippen LogP contribution in [0.1, 0.15) is 41.6 Å². The van der Waals surface area contributed by atoms with Gasteiger partial charge in [0.05, 0.1) is 11.9 Å². The van der Waals surface area contributed by atoms with Crippen LogP contribution in [-0.2, 0) is 11.8 Å². The van der Waals surface area contributed by atoms with E-state index in [9.17, 15) is 4.79 Å². The molecule has 2 aliphatic rings. The Morgan fingerprint density at radius 3 is 2.93 bits per heavy atom. The Balaban J connectivity index is 1.57. The third kappa shape index (κ3) is 2.92. The van der Waals surface area contributed by atoms with Crippen LogP contribution in [0.2, 0.25) is 0 Å². The Kier molecular flexibility index (Phi) is 4.19. The van der Waals surface area contributed by atoms with Gasteiger partial charge in [-0.2, -0.15) is 5.10 Å². The van der Waals surface area contributed by atoms with Gasteiger partial charge >= 0.3 is 0 Å². The van der Waals surface area contributed by atoms with Crippen LogP contribution < -0.4 is 10.5 Å². The van der Waals surface area contributed by atoms with Gasteiger partial charge < -0.3 is 9.88 Å². The molecule has 3 aromatic heterocycles. The number of fused-ring (bicyclic) bond motifs is 2. The van der Waals surface area contributed by atoms with Crippen molar-refractivity contribution in [2.45, 2.75) is 44.9 Å². The number of aryl methyl sites for hydroxylation is 1. The van der Waals surface area contributed by atoms with Gasteiger partial charge in [0.25, 0.3) is 5.56 Å². The molecule has 0 radical (unpaired) electrons. The normalized spacial score (nSPS) is 20.8. The first-order valence-corrected chi connectivity index (χ1v) is 10.2. The van der Waals surface area contributed by atoms with Crippen molar-refractivity contribution in [3.63, 3.8) is 0 Å². The molecular weight excluding hydrogens is 364 g/mol. The average Bonchev–Trinajstić information content (AvgIpc) is 3.09. The number of aromatic amines is 1. The van der Waals surface area contributed by atoms with Crippen molar-refractivity contribution in [1.82, 2.24) is 25.1 Å². The van der Waals surface area contributed by atoms with Crippen molar-refractivity contribution >= 4 is 5.82 Å². The van der Waals surface area contributed by atoms with Crippen LogP contribution in [0.15, 0.2) is 35.5 Å². The number of rotatable bonds is 2. The molecule has 1 fully saturated rings. The second kappa shape index (κ2) is 6.76. The van der Waals surface area contributed by atoms with Gasteiger partial charge in [-0.1, -0.05) is 0 Å². The van der Waals surface area contributed by atoms with Crippen LogP contribution in [0.3, 0.4) is 0 Å². The molecule has 0 saturated carbocycles. The van der Waals surface area contributed by atoms with Gasteiger partial charge in [-0.15, -0.1) is 5.10 Å². The van der Waals surface area contributed by atoms with E-state index in [0.717, 1.165) is 67.0 Å². The van der Waals surface area contributed by atoms with Gasteiger partial charge in [0.2, 0.25) is 0 Å². The minimum atomic E-state index is -0.114. The number of piperidine rings is 1. The largest absolute Gasteiger partial charge is 0.354 e. The van der Waals surface area contributed by atoms with Crippen LogP contribution >= 0.6 is 0 Å². The van der Waals surface area contributed by atoms with Crippen molar-refractivity contribution in [2.75, 3.05) is 18.0 Å². The van der Waals surface area contributed by atoms with Crippen molar-refractivity contribution < 1.29 is 0 Å². The summed E-state index contributed by atoms with van der Waals surface area (Å²) in [6.07, 6.45) is 9.08. The molecule has 1 saturated heterocycles. The number of H-pyrrole nitrogens is 1. The lowest BCUT2D eigenvalue weighted by Gasteiger charge is -2.41. The highest BCUT2D eigenvalue weighted by atomic mass is 16.1. The Labute approximate surface area is 169 Å². The quantitative estimate of drug-likeness (QED) is 0.726. The molecule has 0 amide bonds. The van der Waals surface area contributed by atoms with Gasteiger partial charge in [0.15, 0.2) is 5.82 Å². The average molecular weight is 388 g/mol. The molecular formula is C22H24N6O. The maximum absolute atomic E-state index is 12.8. The minimum absolute atomic E-state index is 0.0191. The Bertz CT molecular complexity index is 1130. The van der Waals surface area contributed by atoms with E-state index in [4.69, 9.17) is 4.98 Å². The number of hydrogen-bond donors (Lipinski definition) is 1. The minimum Gasteiger partial charge on any atom is -0.354 e. The first kappa shape index (κ1) is 18.0. The van der Waals surface area contributed by atoms with Crippen LogP contribution in [0.25, 0.3) is 11.4 Å². The monoisotopic (exact) mass is 388 g/mol. The molecule has 29 heavy (non-hydrogen) atoms. The van der Waals surface area contributed by atoms with E-state index in [1.807, 2.05) is 18.3 Å². The van der Waals surface area contributed by atoms with Crippen LogP contribution in [-0.4, -0.2) is 38.2 Å². The molecule has 7 heteroatoms. The number of nitrogens with zero attached hydrogens (tertiary/aromatic N) is 5. The number of hydrogen-bond acceptors (Lipinski definition) is 6. The SMILES string of the molecule is Cc1cnnc(N2CCCC3(CCc4c3nc(-c3cccnc3)[nH]c4=O)C2)c1C. The summed E-state index contributed by atoms with van der Waals surface area (Å²) in [6.45, 7) is 5.95. The van der Waals surface area contributed by atoms with E-state index < -0.39 is 0 Å². The number of pyridine rings is 1. The summed E-state index contributed by atoms with van der Waals surface area (Å²) in [5, 5.41) is 8.61. The molecule has 5 rings (SSSR count). The van der Waals surface area contributed by atoms with E-state index >= 15 is 0 Å². The molecule has 3 aromatic rings. The molecule has 1 aliphatic carbocycles. The van der Waals surface area contributed by atoms with Gasteiger partial charge in [-0.25, -0.2) is 4.98 Å². The second-order valence-electron chi connectivity index (χ2n) is 8.27. The van der Waals surface area contributed by atoms with Crippen molar-refractivity contribution in [3.05, 3.63) is 63.5 Å². The topological polar surface area (TPSA) is 87.7 Å². The summed E-state index contributed by atoms with van der Waals surface area (Å²) in [5.41, 5.74) is 4.82. The second-order valence-corrected chi connectivity index (χ2v) is 8.27. The van der Waals surface area contributed by atoms with E-state index in [2.05, 4.69) is 38.9 Å². The lowest BCUT2D eigenvalue weighted by Crippen LogP contribution is -2.46. The molecule has 1 spiro atoms. The Hall–Kier alpha value is -3.09. The lowest BCUT2D eigenvalue weighted by atomic mass is 9.77. The number of aromatic nitrogens is 5. The highest BCUT2D eigenvalue weighted by molar-refractivity contribution is 5.55. The molecule has 7 nitrogen and oxygen atoms in total. The molecule has 4 heterocycles. The molecule has 1 atom stereocenters. The zero-order chi connectivity index (χ0) is 20.0. The lowest BCUT2D eigenvalue weighted by molar-refractivity contribution is 0.332. The number of anilines is 1. The summed E-state index contributed by atoms with van der Waals surface area (Å²) in [5.74, 6) is 1.56. The third-order valence-corrected chi connectivity index (χ3v) is 6.51. The molecule has 1 aliphatic heterocycles. The molecule has 0 aromatic carbocycles. The summed E-state index contributed by atoms with van der Waals surface area (Å²) < 4.78 is 0. The van der Waals surface area contributed by atoms with E-state index in [1.165, 1.54) is 5.56 Å². The molecule has 0 bridgehead atoms. The van der Waals surface area contributed by atoms with Gasteiger partial charge in [-0.05, 0) is 62.8 Å². The highest BCUT2D eigenvalue weighted by Crippen LogP contribution is 2.44. The van der Waals surface area contributed by atoms with E-state index in [-0.39, 0.29) is 11.0 Å². The fraction of sp³-hybridized carbons (Fsp3) is 0.409. The van der Waals surface area contributed by atoms with E-state index in [0.29, 0.717) is 5.82 Å². The predicted octanol–water partition coefficient (Wildman–Crippen LogP) is 2.72. The maximum Gasteiger partial charge on any atom is 0.254 e. The third-order valence-electron chi connectivity index (χ3n) is 6.51. The zero-order valence-electron chi connectivity index (χ0n) is 16.8. The van der Waals surface area contributed by atoms with E-state index in [1.54, 1.807) is 12.4 Å². The van der Waals surface area contributed by atoms with Gasteiger partial charge in [0.1, 0.15) is 5.82 Å². The molecule has 1 unspecified atom stereocenters. The van der Waals surface area contributed by atoms with Crippen LogP contribution in [0.5, 0.6) is 0 Å². The Morgan fingerprint density at radius 1 is 1.21 bits per heavy atom. The fourth-order valence-electron chi connectivity index (χ4n) is 4.82. The molecule has 148 valence electrons. The maximum atomic E-state index is 12.8. The first-order valence-electron chi connectivity index (χ1n) is 10.2. The smallest absolute Gasteiger partial charge is 0.254 e. The highest BCUT2D eigenvalue weighted by Gasteiger charge is 2.45. The summed E-state index contributed by atoms with van der Waals surface area (Å²) in [4.78, 5) is 27.3.